The van der Waals surface area contributed by atoms with E-state index in [9.17, 15) is 5.11 Å². The molecule has 0 aromatic rings. The van der Waals surface area contributed by atoms with Gasteiger partial charge in [-0.05, 0) is 12.8 Å². The Morgan fingerprint density at radius 1 is 1.45 bits per heavy atom. The molecule has 0 aromatic carbocycles. The van der Waals surface area contributed by atoms with E-state index in [1.165, 1.54) is 25.7 Å². The molecule has 1 rings (SSSR count). The highest BCUT2D eigenvalue weighted by atomic mass is 32.2. The molecule has 0 spiro atoms. The van der Waals surface area contributed by atoms with Crippen molar-refractivity contribution in [3.8, 4) is 0 Å². The summed E-state index contributed by atoms with van der Waals surface area (Å²) in [7, 11) is 0. The van der Waals surface area contributed by atoms with Crippen LogP contribution in [0.15, 0.2) is 0 Å². The molecule has 1 saturated carbocycles. The van der Waals surface area contributed by atoms with Crippen LogP contribution in [-0.4, -0.2) is 28.8 Å². The van der Waals surface area contributed by atoms with Gasteiger partial charge >= 0.3 is 0 Å². The first-order chi connectivity index (χ1) is 5.33. The van der Waals surface area contributed by atoms with E-state index in [-0.39, 0.29) is 6.10 Å². The van der Waals surface area contributed by atoms with E-state index in [1.807, 2.05) is 11.8 Å². The Morgan fingerprint density at radius 3 is 2.64 bits per heavy atom. The summed E-state index contributed by atoms with van der Waals surface area (Å²) in [5.74, 6) is 0.821. The third kappa shape index (κ3) is 3.45. The fourth-order valence-corrected chi connectivity index (χ4v) is 2.67. The summed E-state index contributed by atoms with van der Waals surface area (Å²) in [6, 6.07) is 0. The zero-order valence-electron chi connectivity index (χ0n) is 6.83. The molecule has 0 aromatic heterocycles. The predicted octanol–water partition coefficient (Wildman–Crippen LogP) is 0.982. The maximum absolute atomic E-state index is 9.17. The molecule has 11 heavy (non-hydrogen) atoms. The van der Waals surface area contributed by atoms with Gasteiger partial charge in [-0.1, -0.05) is 12.8 Å². The van der Waals surface area contributed by atoms with Crippen LogP contribution in [0, 0.1) is 0 Å². The molecule has 2 nitrogen and oxygen atoms in total. The van der Waals surface area contributed by atoms with Gasteiger partial charge in [0.2, 0.25) is 0 Å². The molecule has 1 atom stereocenters. The van der Waals surface area contributed by atoms with Crippen LogP contribution in [0.1, 0.15) is 25.7 Å². The normalized spacial score (nSPS) is 22.4. The Labute approximate surface area is 72.5 Å². The molecule has 1 aliphatic carbocycles. The summed E-state index contributed by atoms with van der Waals surface area (Å²) >= 11 is 1.89. The minimum Gasteiger partial charge on any atom is -0.391 e. The van der Waals surface area contributed by atoms with Crippen molar-refractivity contribution in [2.24, 2.45) is 5.73 Å². The highest BCUT2D eigenvalue weighted by Gasteiger charge is 2.16. The summed E-state index contributed by atoms with van der Waals surface area (Å²) < 4.78 is 0. The number of aliphatic hydroxyl groups excluding tert-OH is 1. The van der Waals surface area contributed by atoms with Gasteiger partial charge in [0.25, 0.3) is 0 Å². The van der Waals surface area contributed by atoms with Gasteiger partial charge in [-0.3, -0.25) is 0 Å². The number of rotatable bonds is 4. The lowest BCUT2D eigenvalue weighted by atomic mass is 10.4. The number of nitrogens with two attached hydrogens (primary N) is 1. The van der Waals surface area contributed by atoms with E-state index in [2.05, 4.69) is 0 Å². The molecule has 66 valence electrons. The van der Waals surface area contributed by atoms with Crippen LogP contribution in [0.2, 0.25) is 0 Å². The van der Waals surface area contributed by atoms with Gasteiger partial charge in [-0.25, -0.2) is 0 Å². The average Bonchev–Trinajstić information content (AvgIpc) is 2.52. The monoisotopic (exact) mass is 175 g/mol. The molecule has 0 bridgehead atoms. The quantitative estimate of drug-likeness (QED) is 0.669. The Hall–Kier alpha value is 0.270. The molecule has 0 heterocycles. The van der Waals surface area contributed by atoms with Gasteiger partial charge in [0.1, 0.15) is 0 Å². The second-order valence-corrected chi connectivity index (χ2v) is 4.46. The van der Waals surface area contributed by atoms with Gasteiger partial charge in [0.15, 0.2) is 0 Å². The molecule has 1 aliphatic rings. The molecule has 0 radical (unpaired) electrons. The van der Waals surface area contributed by atoms with Crippen molar-refractivity contribution in [3.63, 3.8) is 0 Å². The Morgan fingerprint density at radius 2 is 2.09 bits per heavy atom. The molecule has 0 aliphatic heterocycles. The van der Waals surface area contributed by atoms with Crippen LogP contribution >= 0.6 is 11.8 Å². The van der Waals surface area contributed by atoms with Crippen LogP contribution in [0.4, 0.5) is 0 Å². The minimum absolute atomic E-state index is 0.291. The zero-order valence-corrected chi connectivity index (χ0v) is 7.65. The first-order valence-corrected chi connectivity index (χ1v) is 5.37. The molecule has 0 saturated heterocycles. The van der Waals surface area contributed by atoms with Gasteiger partial charge < -0.3 is 10.8 Å². The molecule has 0 amide bonds. The summed E-state index contributed by atoms with van der Waals surface area (Å²) in [5, 5.41) is 9.97. The summed E-state index contributed by atoms with van der Waals surface area (Å²) in [5.41, 5.74) is 5.29. The Kier molecular flexibility index (Phi) is 4.26. The minimum atomic E-state index is -0.291. The second-order valence-electron chi connectivity index (χ2n) is 3.13. The summed E-state index contributed by atoms with van der Waals surface area (Å²) in [6.45, 7) is 0.403. The Bertz CT molecular complexity index is 104. The molecular formula is C8H17NOS. The van der Waals surface area contributed by atoms with E-state index < -0.39 is 0 Å². The number of aliphatic hydroxyl groups is 1. The molecule has 1 fully saturated rings. The standard InChI is InChI=1S/C8H17NOS/c9-5-7(10)6-11-8-3-1-2-4-8/h7-8,10H,1-6,9H2. The van der Waals surface area contributed by atoms with Crippen LogP contribution in [-0.2, 0) is 0 Å². The molecule has 3 N–H and O–H groups in total. The lowest BCUT2D eigenvalue weighted by Gasteiger charge is -2.11. The maximum Gasteiger partial charge on any atom is 0.0752 e. The van der Waals surface area contributed by atoms with Crippen molar-refractivity contribution in [3.05, 3.63) is 0 Å². The van der Waals surface area contributed by atoms with E-state index >= 15 is 0 Å². The average molecular weight is 175 g/mol. The van der Waals surface area contributed by atoms with E-state index in [0.29, 0.717) is 6.54 Å². The first-order valence-electron chi connectivity index (χ1n) is 4.32. The molecule has 3 heteroatoms. The third-order valence-electron chi connectivity index (χ3n) is 2.10. The lowest BCUT2D eigenvalue weighted by Crippen LogP contribution is -2.22. The molecular weight excluding hydrogens is 158 g/mol. The van der Waals surface area contributed by atoms with E-state index in [0.717, 1.165) is 11.0 Å². The van der Waals surface area contributed by atoms with Crippen molar-refractivity contribution in [2.75, 3.05) is 12.3 Å². The third-order valence-corrected chi connectivity index (χ3v) is 3.62. The van der Waals surface area contributed by atoms with Gasteiger partial charge in [0.05, 0.1) is 6.10 Å². The van der Waals surface area contributed by atoms with Gasteiger partial charge in [-0.15, -0.1) is 0 Å². The zero-order chi connectivity index (χ0) is 8.10. The van der Waals surface area contributed by atoms with E-state index in [1.54, 1.807) is 0 Å². The van der Waals surface area contributed by atoms with E-state index in [4.69, 9.17) is 5.73 Å². The smallest absolute Gasteiger partial charge is 0.0752 e. The van der Waals surface area contributed by atoms with Crippen molar-refractivity contribution in [2.45, 2.75) is 37.0 Å². The summed E-state index contributed by atoms with van der Waals surface area (Å²) in [6.07, 6.45) is 5.12. The highest BCUT2D eigenvalue weighted by Crippen LogP contribution is 2.29. The van der Waals surface area contributed by atoms with Gasteiger partial charge in [0, 0.05) is 17.5 Å². The largest absolute Gasteiger partial charge is 0.391 e. The maximum atomic E-state index is 9.17. The van der Waals surface area contributed by atoms with Crippen LogP contribution in [0.5, 0.6) is 0 Å². The fourth-order valence-electron chi connectivity index (χ4n) is 1.37. The molecule has 1 unspecified atom stereocenters. The number of hydrogen-bond donors (Lipinski definition) is 2. The van der Waals surface area contributed by atoms with Crippen LogP contribution < -0.4 is 5.73 Å². The van der Waals surface area contributed by atoms with Gasteiger partial charge in [-0.2, -0.15) is 11.8 Å². The van der Waals surface area contributed by atoms with Crippen molar-refractivity contribution in [1.82, 2.24) is 0 Å². The fraction of sp³-hybridized carbons (Fsp3) is 1.00. The first kappa shape index (κ1) is 9.36. The SMILES string of the molecule is NCC(O)CSC1CCCC1. The highest BCUT2D eigenvalue weighted by molar-refractivity contribution is 7.99. The number of hydrogen-bond acceptors (Lipinski definition) is 3. The second kappa shape index (κ2) is 5.01. The van der Waals surface area contributed by atoms with Crippen molar-refractivity contribution in [1.29, 1.82) is 0 Å². The Balaban J connectivity index is 2.01. The van der Waals surface area contributed by atoms with Crippen molar-refractivity contribution >= 4 is 11.8 Å². The lowest BCUT2D eigenvalue weighted by molar-refractivity contribution is 0.208. The van der Waals surface area contributed by atoms with Crippen LogP contribution in [0.3, 0.4) is 0 Å². The van der Waals surface area contributed by atoms with Crippen LogP contribution in [0.25, 0.3) is 0 Å². The number of thioether (sulfide) groups is 1. The predicted molar refractivity (Wildman–Crippen MR) is 49.8 cm³/mol. The summed E-state index contributed by atoms with van der Waals surface area (Å²) in [4.78, 5) is 0. The van der Waals surface area contributed by atoms with Crippen molar-refractivity contribution < 1.29 is 5.11 Å². The topological polar surface area (TPSA) is 46.2 Å².